The molecule has 1 aliphatic heterocycles. The van der Waals surface area contributed by atoms with E-state index in [-0.39, 0.29) is 0 Å². The lowest BCUT2D eigenvalue weighted by molar-refractivity contribution is 0.636. The third-order valence-electron chi connectivity index (χ3n) is 3.60. The van der Waals surface area contributed by atoms with Crippen LogP contribution in [0.1, 0.15) is 30.7 Å². The lowest BCUT2D eigenvalue weighted by Crippen LogP contribution is -2.03. The van der Waals surface area contributed by atoms with Crippen LogP contribution in [0.15, 0.2) is 18.2 Å². The molecule has 1 aromatic heterocycles. The van der Waals surface area contributed by atoms with Gasteiger partial charge in [-0.15, -0.1) is 10.2 Å². The number of hydrogen-bond acceptors (Lipinski definition) is 3. The van der Waals surface area contributed by atoms with Gasteiger partial charge < -0.3 is 10.3 Å². The van der Waals surface area contributed by atoms with Crippen molar-refractivity contribution in [3.63, 3.8) is 0 Å². The first-order valence-corrected chi connectivity index (χ1v) is 6.54. The quantitative estimate of drug-likeness (QED) is 0.782. The Hall–Kier alpha value is -1.84. The summed E-state index contributed by atoms with van der Waals surface area (Å²) in [5.41, 5.74) is 8.90. The Labute approximate surface area is 107 Å². The van der Waals surface area contributed by atoms with Crippen molar-refractivity contribution in [2.45, 2.75) is 39.2 Å². The number of aromatic nitrogens is 3. The van der Waals surface area contributed by atoms with Crippen LogP contribution in [0.25, 0.3) is 11.4 Å². The second-order valence-corrected chi connectivity index (χ2v) is 4.98. The summed E-state index contributed by atoms with van der Waals surface area (Å²) in [5.74, 6) is 2.11. The molecule has 0 amide bonds. The SMILES string of the molecule is Cc1cc(N)ccc1-c1nnc2n1CCCCC2. The number of rotatable bonds is 1. The van der Waals surface area contributed by atoms with E-state index in [2.05, 4.69) is 21.7 Å². The molecule has 2 aromatic rings. The van der Waals surface area contributed by atoms with Crippen LogP contribution in [0.2, 0.25) is 0 Å². The van der Waals surface area contributed by atoms with Crippen molar-refractivity contribution in [1.82, 2.24) is 14.8 Å². The van der Waals surface area contributed by atoms with Crippen LogP contribution in [0.5, 0.6) is 0 Å². The fraction of sp³-hybridized carbons (Fsp3) is 0.429. The molecule has 0 bridgehead atoms. The Morgan fingerprint density at radius 3 is 2.89 bits per heavy atom. The fourth-order valence-corrected chi connectivity index (χ4v) is 2.62. The van der Waals surface area contributed by atoms with E-state index in [1.807, 2.05) is 18.2 Å². The normalized spacial score (nSPS) is 15.2. The summed E-state index contributed by atoms with van der Waals surface area (Å²) in [6.45, 7) is 3.10. The predicted octanol–water partition coefficient (Wildman–Crippen LogP) is 2.56. The lowest BCUT2D eigenvalue weighted by atomic mass is 10.1. The highest BCUT2D eigenvalue weighted by molar-refractivity contribution is 5.64. The van der Waals surface area contributed by atoms with Crippen LogP contribution in [0.4, 0.5) is 5.69 Å². The molecule has 0 aliphatic carbocycles. The van der Waals surface area contributed by atoms with Gasteiger partial charge in [0, 0.05) is 24.2 Å². The van der Waals surface area contributed by atoms with Crippen molar-refractivity contribution >= 4 is 5.69 Å². The number of nitrogen functional groups attached to an aromatic ring is 1. The number of nitrogens with two attached hydrogens (primary N) is 1. The third-order valence-corrected chi connectivity index (χ3v) is 3.60. The zero-order chi connectivity index (χ0) is 12.5. The summed E-state index contributed by atoms with van der Waals surface area (Å²) in [7, 11) is 0. The fourth-order valence-electron chi connectivity index (χ4n) is 2.62. The minimum Gasteiger partial charge on any atom is -0.399 e. The van der Waals surface area contributed by atoms with Gasteiger partial charge in [-0.2, -0.15) is 0 Å². The van der Waals surface area contributed by atoms with E-state index in [4.69, 9.17) is 5.73 Å². The second-order valence-electron chi connectivity index (χ2n) is 4.98. The summed E-state index contributed by atoms with van der Waals surface area (Å²) in [6, 6.07) is 5.97. The number of nitrogens with zero attached hydrogens (tertiary/aromatic N) is 3. The van der Waals surface area contributed by atoms with Gasteiger partial charge in [-0.1, -0.05) is 6.42 Å². The molecule has 4 heteroatoms. The Bertz CT molecular complexity index is 571. The molecule has 3 rings (SSSR count). The molecule has 0 saturated heterocycles. The van der Waals surface area contributed by atoms with Gasteiger partial charge in [0.2, 0.25) is 0 Å². The molecular formula is C14H18N4. The zero-order valence-electron chi connectivity index (χ0n) is 10.7. The number of anilines is 1. The van der Waals surface area contributed by atoms with Crippen LogP contribution in [0.3, 0.4) is 0 Å². The van der Waals surface area contributed by atoms with E-state index in [0.29, 0.717) is 0 Å². The van der Waals surface area contributed by atoms with Gasteiger partial charge >= 0.3 is 0 Å². The summed E-state index contributed by atoms with van der Waals surface area (Å²) in [4.78, 5) is 0. The third kappa shape index (κ3) is 1.88. The first kappa shape index (κ1) is 11.3. The highest BCUT2D eigenvalue weighted by Crippen LogP contribution is 2.26. The van der Waals surface area contributed by atoms with Crippen molar-refractivity contribution in [3.05, 3.63) is 29.6 Å². The van der Waals surface area contributed by atoms with Crippen LogP contribution in [-0.4, -0.2) is 14.8 Å². The Morgan fingerprint density at radius 2 is 2.06 bits per heavy atom. The first-order chi connectivity index (χ1) is 8.75. The average Bonchev–Trinajstić information content (AvgIpc) is 2.59. The number of aryl methyl sites for hydroxylation is 2. The predicted molar refractivity (Wildman–Crippen MR) is 72.2 cm³/mol. The minimum atomic E-state index is 0.798. The van der Waals surface area contributed by atoms with Crippen molar-refractivity contribution in [2.75, 3.05) is 5.73 Å². The van der Waals surface area contributed by atoms with Crippen molar-refractivity contribution < 1.29 is 0 Å². The van der Waals surface area contributed by atoms with Crippen molar-refractivity contribution in [2.24, 2.45) is 0 Å². The van der Waals surface area contributed by atoms with Gasteiger partial charge in [-0.3, -0.25) is 0 Å². The van der Waals surface area contributed by atoms with E-state index < -0.39 is 0 Å². The summed E-state index contributed by atoms with van der Waals surface area (Å²) in [6.07, 6.45) is 4.76. The summed E-state index contributed by atoms with van der Waals surface area (Å²) >= 11 is 0. The molecule has 94 valence electrons. The monoisotopic (exact) mass is 242 g/mol. The second kappa shape index (κ2) is 4.44. The van der Waals surface area contributed by atoms with Gasteiger partial charge in [-0.25, -0.2) is 0 Å². The molecule has 1 aromatic carbocycles. The molecule has 0 radical (unpaired) electrons. The van der Waals surface area contributed by atoms with Crippen LogP contribution >= 0.6 is 0 Å². The lowest BCUT2D eigenvalue weighted by Gasteiger charge is -2.09. The highest BCUT2D eigenvalue weighted by atomic mass is 15.3. The smallest absolute Gasteiger partial charge is 0.164 e. The molecule has 0 atom stereocenters. The Kier molecular flexibility index (Phi) is 2.78. The van der Waals surface area contributed by atoms with E-state index in [0.717, 1.165) is 41.4 Å². The minimum absolute atomic E-state index is 0.798. The summed E-state index contributed by atoms with van der Waals surface area (Å²) < 4.78 is 2.27. The molecule has 2 heterocycles. The maximum absolute atomic E-state index is 5.80. The molecule has 1 aliphatic rings. The average molecular weight is 242 g/mol. The van der Waals surface area contributed by atoms with Crippen LogP contribution < -0.4 is 5.73 Å². The first-order valence-electron chi connectivity index (χ1n) is 6.54. The summed E-state index contributed by atoms with van der Waals surface area (Å²) in [5, 5.41) is 8.71. The molecule has 18 heavy (non-hydrogen) atoms. The van der Waals surface area contributed by atoms with Gasteiger partial charge in [0.05, 0.1) is 0 Å². The Morgan fingerprint density at radius 1 is 1.17 bits per heavy atom. The van der Waals surface area contributed by atoms with Gasteiger partial charge in [0.15, 0.2) is 5.82 Å². The molecule has 2 N–H and O–H groups in total. The molecule has 4 nitrogen and oxygen atoms in total. The number of benzene rings is 1. The highest BCUT2D eigenvalue weighted by Gasteiger charge is 2.16. The topological polar surface area (TPSA) is 56.7 Å². The molecule has 0 unspecified atom stereocenters. The van der Waals surface area contributed by atoms with Gasteiger partial charge in [0.25, 0.3) is 0 Å². The van der Waals surface area contributed by atoms with Crippen LogP contribution in [0, 0.1) is 6.92 Å². The number of fused-ring (bicyclic) bond motifs is 1. The Balaban J connectivity index is 2.09. The van der Waals surface area contributed by atoms with Crippen LogP contribution in [-0.2, 0) is 13.0 Å². The van der Waals surface area contributed by atoms with Gasteiger partial charge in [-0.05, 0) is 43.5 Å². The maximum atomic E-state index is 5.80. The molecule has 0 saturated carbocycles. The van der Waals surface area contributed by atoms with E-state index >= 15 is 0 Å². The maximum Gasteiger partial charge on any atom is 0.164 e. The van der Waals surface area contributed by atoms with Crippen molar-refractivity contribution in [3.8, 4) is 11.4 Å². The molecule has 0 fully saturated rings. The number of hydrogen-bond donors (Lipinski definition) is 1. The standard InChI is InChI=1S/C14H18N4/c1-10-9-11(15)6-7-12(10)14-17-16-13-5-3-2-4-8-18(13)14/h6-7,9H,2-5,8,15H2,1H3. The van der Waals surface area contributed by atoms with Gasteiger partial charge in [0.1, 0.15) is 5.82 Å². The van der Waals surface area contributed by atoms with E-state index in [1.54, 1.807) is 0 Å². The molecule has 0 spiro atoms. The van der Waals surface area contributed by atoms with E-state index in [9.17, 15) is 0 Å². The largest absolute Gasteiger partial charge is 0.399 e. The van der Waals surface area contributed by atoms with E-state index in [1.165, 1.54) is 19.3 Å². The molecular weight excluding hydrogens is 224 g/mol. The zero-order valence-corrected chi connectivity index (χ0v) is 10.7. The van der Waals surface area contributed by atoms with Crippen molar-refractivity contribution in [1.29, 1.82) is 0 Å².